The van der Waals surface area contributed by atoms with Crippen LogP contribution < -0.4 is 9.47 Å². The van der Waals surface area contributed by atoms with Gasteiger partial charge in [-0.2, -0.15) is 8.78 Å². The summed E-state index contributed by atoms with van der Waals surface area (Å²) in [7, 11) is 0. The van der Waals surface area contributed by atoms with E-state index in [4.69, 9.17) is 14.2 Å². The highest BCUT2D eigenvalue weighted by atomic mass is 19.2. The molecule has 224 valence electrons. The lowest BCUT2D eigenvalue weighted by Gasteiger charge is -2.41. The zero-order valence-corrected chi connectivity index (χ0v) is 24.7. The number of carbonyl (C=O) groups excluding carboxylic acids is 1. The predicted molar refractivity (Wildman–Crippen MR) is 156 cm³/mol. The molecule has 0 radical (unpaired) electrons. The Morgan fingerprint density at radius 2 is 1.44 bits per heavy atom. The highest BCUT2D eigenvalue weighted by Crippen LogP contribution is 2.45. The summed E-state index contributed by atoms with van der Waals surface area (Å²) in [6, 6.07) is 12.0. The summed E-state index contributed by atoms with van der Waals surface area (Å²) in [6.45, 7) is 4.60. The zero-order chi connectivity index (χ0) is 28.8. The van der Waals surface area contributed by atoms with E-state index in [2.05, 4.69) is 31.2 Å². The topological polar surface area (TPSA) is 44.8 Å². The first-order chi connectivity index (χ1) is 19.9. The third-order valence-electron chi connectivity index (χ3n) is 9.79. The maximum Gasteiger partial charge on any atom is 0.309 e. The lowest BCUT2D eigenvalue weighted by molar-refractivity contribution is -0.158. The van der Waals surface area contributed by atoms with Crippen LogP contribution in [-0.2, 0) is 16.0 Å². The Labute approximate surface area is 244 Å². The molecule has 2 aromatic rings. The molecule has 0 saturated heterocycles. The van der Waals surface area contributed by atoms with Crippen molar-refractivity contribution in [2.75, 3.05) is 13.2 Å². The Bertz CT molecular complexity index is 1140. The van der Waals surface area contributed by atoms with E-state index in [1.165, 1.54) is 29.7 Å². The lowest BCUT2D eigenvalue weighted by Crippen LogP contribution is -2.36. The van der Waals surface area contributed by atoms with Crippen LogP contribution in [0.2, 0.25) is 0 Å². The highest BCUT2D eigenvalue weighted by molar-refractivity contribution is 5.72. The van der Waals surface area contributed by atoms with E-state index in [1.54, 1.807) is 6.92 Å². The Morgan fingerprint density at radius 3 is 2.12 bits per heavy atom. The molecule has 3 aliphatic carbocycles. The summed E-state index contributed by atoms with van der Waals surface area (Å²) >= 11 is 0. The number of rotatable bonds is 10. The highest BCUT2D eigenvalue weighted by Gasteiger charge is 2.39. The third-order valence-corrected chi connectivity index (χ3v) is 9.79. The van der Waals surface area contributed by atoms with Crippen molar-refractivity contribution in [3.63, 3.8) is 0 Å². The number of fused-ring (bicyclic) bond motifs is 1. The van der Waals surface area contributed by atoms with Gasteiger partial charge in [-0.05, 0) is 124 Å². The second-order valence-corrected chi connectivity index (χ2v) is 12.5. The van der Waals surface area contributed by atoms with Crippen LogP contribution in [-0.4, -0.2) is 25.3 Å². The minimum Gasteiger partial charge on any atom is -0.491 e. The number of hydrogen-bond acceptors (Lipinski definition) is 4. The monoisotopic (exact) mass is 568 g/mol. The summed E-state index contributed by atoms with van der Waals surface area (Å²) in [5.74, 6) is -0.143. The molecule has 3 saturated carbocycles. The molecule has 0 spiro atoms. The van der Waals surface area contributed by atoms with Crippen molar-refractivity contribution < 1.29 is 27.8 Å². The maximum atomic E-state index is 14.4. The molecule has 41 heavy (non-hydrogen) atoms. The van der Waals surface area contributed by atoms with Gasteiger partial charge in [0.25, 0.3) is 0 Å². The quantitative estimate of drug-likeness (QED) is 0.269. The van der Waals surface area contributed by atoms with Crippen LogP contribution in [0.3, 0.4) is 0 Å². The fourth-order valence-corrected chi connectivity index (χ4v) is 7.47. The lowest BCUT2D eigenvalue weighted by atomic mass is 9.65. The van der Waals surface area contributed by atoms with E-state index in [1.807, 2.05) is 0 Å². The molecule has 0 aliphatic heterocycles. The Kier molecular flexibility index (Phi) is 10.2. The smallest absolute Gasteiger partial charge is 0.309 e. The normalized spacial score (nSPS) is 28.0. The first-order valence-electron chi connectivity index (χ1n) is 16.0. The largest absolute Gasteiger partial charge is 0.491 e. The predicted octanol–water partition coefficient (Wildman–Crippen LogP) is 8.80. The molecule has 3 aliphatic rings. The minimum absolute atomic E-state index is 0.00816. The van der Waals surface area contributed by atoms with Crippen LogP contribution in [0.5, 0.6) is 11.5 Å². The molecule has 4 nitrogen and oxygen atoms in total. The van der Waals surface area contributed by atoms with Gasteiger partial charge in [0.05, 0.1) is 19.1 Å². The molecule has 3 fully saturated rings. The summed E-state index contributed by atoms with van der Waals surface area (Å²) in [5.41, 5.74) is 2.83. The van der Waals surface area contributed by atoms with Crippen molar-refractivity contribution in [3.8, 4) is 11.5 Å². The average Bonchev–Trinajstić information content (AvgIpc) is 3.00. The molecule has 0 amide bonds. The summed E-state index contributed by atoms with van der Waals surface area (Å²) in [4.78, 5) is 13.1. The van der Waals surface area contributed by atoms with Crippen molar-refractivity contribution in [3.05, 3.63) is 59.2 Å². The van der Waals surface area contributed by atoms with Crippen molar-refractivity contribution in [2.24, 2.45) is 23.7 Å². The molecular formula is C35H46F2O4. The van der Waals surface area contributed by atoms with Crippen molar-refractivity contribution in [1.29, 1.82) is 0 Å². The van der Waals surface area contributed by atoms with E-state index in [9.17, 15) is 13.6 Å². The number of ether oxygens (including phenoxy) is 3. The molecule has 0 N–H and O–H groups in total. The molecule has 2 aromatic carbocycles. The van der Waals surface area contributed by atoms with Gasteiger partial charge in [0.1, 0.15) is 6.10 Å². The number of benzene rings is 2. The summed E-state index contributed by atoms with van der Waals surface area (Å²) < 4.78 is 45.5. The van der Waals surface area contributed by atoms with Gasteiger partial charge < -0.3 is 14.2 Å². The fraction of sp³-hybridized carbons (Fsp3) is 0.629. The number of halogens is 2. The van der Waals surface area contributed by atoms with Crippen LogP contribution in [0, 0.1) is 35.3 Å². The molecular weight excluding hydrogens is 522 g/mol. The Hall–Kier alpha value is -2.63. The summed E-state index contributed by atoms with van der Waals surface area (Å²) in [6.07, 6.45) is 12.3. The fourth-order valence-electron chi connectivity index (χ4n) is 7.47. The number of aryl methyl sites for hydroxylation is 1. The Balaban J connectivity index is 1.03. The Morgan fingerprint density at radius 1 is 0.780 bits per heavy atom. The molecule has 0 bridgehead atoms. The van der Waals surface area contributed by atoms with Gasteiger partial charge in [0, 0.05) is 0 Å². The van der Waals surface area contributed by atoms with Gasteiger partial charge in [0.15, 0.2) is 11.5 Å². The molecule has 5 rings (SSSR count). The zero-order valence-electron chi connectivity index (χ0n) is 24.7. The number of esters is 1. The van der Waals surface area contributed by atoms with Gasteiger partial charge in [-0.1, -0.05) is 37.6 Å². The maximum absolute atomic E-state index is 14.4. The van der Waals surface area contributed by atoms with Gasteiger partial charge >= 0.3 is 5.97 Å². The molecule has 0 aromatic heterocycles. The van der Waals surface area contributed by atoms with E-state index in [0.29, 0.717) is 30.3 Å². The minimum atomic E-state index is -0.997. The SMILES string of the molecule is CCCc1ccc(C2CCC(OC(=O)C3CCC4CC(COc5ccc(OCC)c(F)c5F)CCC4C3)CC2)cc1. The van der Waals surface area contributed by atoms with E-state index < -0.39 is 11.6 Å². The van der Waals surface area contributed by atoms with Crippen LogP contribution in [0.25, 0.3) is 0 Å². The van der Waals surface area contributed by atoms with Gasteiger partial charge in [-0.25, -0.2) is 0 Å². The number of hydrogen-bond donors (Lipinski definition) is 0. The van der Waals surface area contributed by atoms with Crippen molar-refractivity contribution >= 4 is 5.97 Å². The van der Waals surface area contributed by atoms with Crippen molar-refractivity contribution in [2.45, 2.75) is 103 Å². The third kappa shape index (κ3) is 7.42. The first kappa shape index (κ1) is 29.8. The second-order valence-electron chi connectivity index (χ2n) is 12.5. The molecule has 4 atom stereocenters. The molecule has 6 heteroatoms. The van der Waals surface area contributed by atoms with E-state index in [-0.39, 0.29) is 36.1 Å². The number of carbonyl (C=O) groups is 1. The average molecular weight is 569 g/mol. The van der Waals surface area contributed by atoms with Crippen LogP contribution in [0.15, 0.2) is 36.4 Å². The van der Waals surface area contributed by atoms with Gasteiger partial charge in [0.2, 0.25) is 11.6 Å². The van der Waals surface area contributed by atoms with Crippen LogP contribution in [0.4, 0.5) is 8.78 Å². The molecule has 4 unspecified atom stereocenters. The van der Waals surface area contributed by atoms with Crippen molar-refractivity contribution in [1.82, 2.24) is 0 Å². The standard InChI is InChI=1S/C35H46F2O4/c1-3-5-23-6-9-25(10-7-23)26-14-16-30(17-15-26)41-35(38)29-13-12-27-20-24(8-11-28(27)21-29)22-40-32-19-18-31(39-4-2)33(36)34(32)37/h6-7,9-10,18-19,24,26-30H,3-5,8,11-17,20-22H2,1-2H3. The molecule has 0 heterocycles. The van der Waals surface area contributed by atoms with E-state index in [0.717, 1.165) is 70.6 Å². The van der Waals surface area contributed by atoms with Gasteiger partial charge in [-0.3, -0.25) is 4.79 Å². The van der Waals surface area contributed by atoms with E-state index >= 15 is 0 Å². The first-order valence-corrected chi connectivity index (χ1v) is 16.0. The second kappa shape index (κ2) is 14.0. The van der Waals surface area contributed by atoms with Crippen LogP contribution >= 0.6 is 0 Å². The van der Waals surface area contributed by atoms with Gasteiger partial charge in [-0.15, -0.1) is 0 Å². The summed E-state index contributed by atoms with van der Waals surface area (Å²) in [5, 5.41) is 0. The van der Waals surface area contributed by atoms with Crippen LogP contribution in [0.1, 0.15) is 102 Å².